The number of amides is 1. The number of ketones is 1. The van der Waals surface area contributed by atoms with Crippen LogP contribution in [0.3, 0.4) is 0 Å². The smallest absolute Gasteiger partial charge is 0.352 e. The van der Waals surface area contributed by atoms with Crippen LogP contribution in [0.25, 0.3) is 0 Å². The largest absolute Gasteiger partial charge is 0.569 e. The van der Waals surface area contributed by atoms with Crippen LogP contribution in [0.4, 0.5) is 0 Å². The van der Waals surface area contributed by atoms with Crippen molar-refractivity contribution in [3.8, 4) is 0 Å². The van der Waals surface area contributed by atoms with E-state index in [0.717, 1.165) is 0 Å². The zero-order chi connectivity index (χ0) is 22.5. The highest BCUT2D eigenvalue weighted by Gasteiger charge is 2.53. The second-order valence-electron chi connectivity index (χ2n) is 6.77. The van der Waals surface area contributed by atoms with Gasteiger partial charge in [-0.1, -0.05) is 0 Å². The van der Waals surface area contributed by atoms with E-state index in [-0.39, 0.29) is 36.8 Å². The monoisotopic (exact) mass is 454 g/mol. The first-order valence-electron chi connectivity index (χ1n) is 9.54. The Kier molecular flexibility index (Phi) is 7.04. The molecule has 2 unspecified atom stereocenters. The van der Waals surface area contributed by atoms with Gasteiger partial charge in [0.05, 0.1) is 29.4 Å². The van der Waals surface area contributed by atoms with Crippen LogP contribution in [-0.4, -0.2) is 88.7 Å². The topological polar surface area (TPSA) is 169 Å². The number of rotatable bonds is 11. The van der Waals surface area contributed by atoms with Gasteiger partial charge in [0.15, 0.2) is 5.78 Å². The van der Waals surface area contributed by atoms with Gasteiger partial charge in [0, 0.05) is 17.7 Å². The van der Waals surface area contributed by atoms with Crippen molar-refractivity contribution >= 4 is 29.4 Å². The third-order valence-electron chi connectivity index (χ3n) is 4.88. The van der Waals surface area contributed by atoms with E-state index in [1.807, 2.05) is 0 Å². The summed E-state index contributed by atoms with van der Waals surface area (Å²) in [6, 6.07) is 0. The number of hydrogen-bond acceptors (Lipinski definition) is 10. The van der Waals surface area contributed by atoms with Gasteiger partial charge in [0.2, 0.25) is 11.2 Å². The molecule has 0 saturated carbocycles. The van der Waals surface area contributed by atoms with Gasteiger partial charge in [-0.2, -0.15) is 0 Å². The number of β-lactam (4-membered cyclic amide) rings is 1. The molecule has 1 N–H and O–H groups in total. The van der Waals surface area contributed by atoms with Crippen LogP contribution in [0, 0.1) is 11.1 Å². The van der Waals surface area contributed by atoms with E-state index in [1.165, 1.54) is 32.7 Å². The van der Waals surface area contributed by atoms with Gasteiger partial charge in [-0.3, -0.25) is 14.5 Å². The Labute approximate surface area is 181 Å². The van der Waals surface area contributed by atoms with Gasteiger partial charge in [0.1, 0.15) is 25.2 Å². The molecule has 168 valence electrons. The second-order valence-corrected chi connectivity index (χ2v) is 7.88. The lowest BCUT2D eigenvalue weighted by atomic mass is 9.90. The molecule has 3 rings (SSSR count). The van der Waals surface area contributed by atoms with Crippen LogP contribution >= 0.6 is 11.8 Å². The molecule has 1 aromatic heterocycles. The highest BCUT2D eigenvalue weighted by molar-refractivity contribution is 8.00. The van der Waals surface area contributed by atoms with Crippen molar-refractivity contribution in [3.05, 3.63) is 22.8 Å². The summed E-state index contributed by atoms with van der Waals surface area (Å²) < 4.78 is 1.26. The Balaban J connectivity index is 1.65. The zero-order valence-electron chi connectivity index (χ0n) is 16.9. The van der Waals surface area contributed by atoms with E-state index in [2.05, 4.69) is 20.8 Å². The van der Waals surface area contributed by atoms with Gasteiger partial charge >= 0.3 is 5.97 Å². The first-order valence-corrected chi connectivity index (χ1v) is 10.6. The summed E-state index contributed by atoms with van der Waals surface area (Å²) in [4.78, 5) is 43.2. The van der Waals surface area contributed by atoms with Crippen LogP contribution in [0.5, 0.6) is 0 Å². The van der Waals surface area contributed by atoms with E-state index in [9.17, 15) is 24.7 Å². The first-order chi connectivity index (χ1) is 14.9. The van der Waals surface area contributed by atoms with Crippen molar-refractivity contribution in [1.29, 1.82) is 0 Å². The maximum atomic E-state index is 12.6. The molecular formula is C16H22N8O6S. The number of Topliss-reactive ketones (excluding diaryl/α,β-unsaturated/α-hetero) is 1. The zero-order valence-corrected chi connectivity index (χ0v) is 17.8. The van der Waals surface area contributed by atoms with Gasteiger partial charge < -0.3 is 15.2 Å². The third kappa shape index (κ3) is 4.76. The number of carboxylic acids is 1. The Morgan fingerprint density at radius 2 is 2.19 bits per heavy atom. The summed E-state index contributed by atoms with van der Waals surface area (Å²) in [5.41, 5.74) is 0.144. The number of tetrazole rings is 1. The molecule has 15 heteroatoms. The molecule has 0 aliphatic carbocycles. The fraction of sp³-hybridized carbons (Fsp3) is 0.625. The van der Waals surface area contributed by atoms with Crippen LogP contribution in [0.1, 0.15) is 20.3 Å². The average Bonchev–Trinajstić information content (AvgIpc) is 3.25. The molecule has 0 spiro atoms. The molecule has 1 fully saturated rings. The van der Waals surface area contributed by atoms with Gasteiger partial charge in [-0.15, -0.1) is 21.9 Å². The van der Waals surface area contributed by atoms with Crippen LogP contribution in [0.15, 0.2) is 22.9 Å². The van der Waals surface area contributed by atoms with E-state index < -0.39 is 23.2 Å². The van der Waals surface area contributed by atoms with Crippen molar-refractivity contribution in [2.24, 2.45) is 11.2 Å². The Morgan fingerprint density at radius 3 is 2.81 bits per heavy atom. The summed E-state index contributed by atoms with van der Waals surface area (Å²) in [6.07, 6.45) is 1.27. The molecule has 1 amide bonds. The lowest BCUT2D eigenvalue weighted by molar-refractivity contribution is -0.709. The normalized spacial score (nSPS) is 20.9. The number of aliphatic carboxylic acids is 1. The van der Waals surface area contributed by atoms with E-state index in [4.69, 9.17) is 4.84 Å². The predicted octanol–water partition coefficient (Wildman–Crippen LogP) is -0.347. The number of hydrogen-bond donors (Lipinski definition) is 1. The van der Waals surface area contributed by atoms with Crippen molar-refractivity contribution < 1.29 is 29.3 Å². The number of carboxylic acid groups (broad SMARTS) is 1. The van der Waals surface area contributed by atoms with Crippen LogP contribution in [-0.2, 0) is 25.8 Å². The molecule has 1 aromatic rings. The number of fused-ring (bicyclic) bond motifs is 1. The molecule has 0 aromatic carbocycles. The molecule has 14 nitrogen and oxygen atoms in total. The minimum atomic E-state index is -1.28. The molecule has 2 atom stereocenters. The Hall–Kier alpha value is -3.23. The minimum absolute atomic E-state index is 0.0318. The van der Waals surface area contributed by atoms with E-state index in [1.54, 1.807) is 13.8 Å². The summed E-state index contributed by atoms with van der Waals surface area (Å²) in [5.74, 6) is -2.30. The number of carbonyl (C=O) groups is 3. The Bertz CT molecular complexity index is 900. The fourth-order valence-corrected chi connectivity index (χ4v) is 4.74. The third-order valence-corrected chi connectivity index (χ3v) is 6.27. The molecule has 2 aliphatic rings. The van der Waals surface area contributed by atoms with Crippen molar-refractivity contribution in [3.63, 3.8) is 0 Å². The average molecular weight is 454 g/mol. The number of aromatic nitrogens is 4. The second kappa shape index (κ2) is 9.72. The molecular weight excluding hydrogens is 432 g/mol. The number of nitrogens with zero attached hydrogens (tertiary/aromatic N) is 8. The molecule has 31 heavy (non-hydrogen) atoms. The van der Waals surface area contributed by atoms with Crippen LogP contribution < -0.4 is 0 Å². The van der Waals surface area contributed by atoms with Crippen molar-refractivity contribution in [1.82, 2.24) is 30.1 Å². The van der Waals surface area contributed by atoms with E-state index in [0.29, 0.717) is 23.6 Å². The summed E-state index contributed by atoms with van der Waals surface area (Å²) in [7, 11) is 0. The molecule has 2 aliphatic heterocycles. The Morgan fingerprint density at radius 1 is 1.45 bits per heavy atom. The minimum Gasteiger partial charge on any atom is -0.569 e. The van der Waals surface area contributed by atoms with Gasteiger partial charge in [-0.05, 0) is 24.3 Å². The summed E-state index contributed by atoms with van der Waals surface area (Å²) >= 11 is 1.34. The quantitative estimate of drug-likeness (QED) is 0.201. The van der Waals surface area contributed by atoms with Gasteiger partial charge in [-0.25, -0.2) is 9.48 Å². The van der Waals surface area contributed by atoms with Crippen LogP contribution in [0.2, 0.25) is 0 Å². The molecule has 0 bridgehead atoms. The summed E-state index contributed by atoms with van der Waals surface area (Å²) in [6.45, 7) is 4.13. The molecule has 0 radical (unpaired) electrons. The lowest BCUT2D eigenvalue weighted by Crippen LogP contribution is -2.62. The van der Waals surface area contributed by atoms with Crippen molar-refractivity contribution in [2.75, 3.05) is 25.4 Å². The highest BCUT2D eigenvalue weighted by Crippen LogP contribution is 2.45. The fourth-order valence-electron chi connectivity index (χ4n) is 3.35. The highest BCUT2D eigenvalue weighted by atomic mass is 32.2. The SMILES string of the molecule is CCN(CC)/[N+]([O-])=N/OCC1=C(C(=O)O)N2C(=O)C(CC(=O)Cn3cnnn3)C2SC1. The molecule has 1 saturated heterocycles. The van der Waals surface area contributed by atoms with Crippen molar-refractivity contribution in [2.45, 2.75) is 32.2 Å². The maximum Gasteiger partial charge on any atom is 0.352 e. The maximum absolute atomic E-state index is 12.6. The lowest BCUT2D eigenvalue weighted by Gasteiger charge is -2.49. The van der Waals surface area contributed by atoms with Gasteiger partial charge in [0.25, 0.3) is 0 Å². The number of thioether (sulfide) groups is 1. The van der Waals surface area contributed by atoms with E-state index >= 15 is 0 Å². The summed E-state index contributed by atoms with van der Waals surface area (Å²) in [5, 5.41) is 36.3. The number of carbonyl (C=O) groups excluding carboxylic acids is 2. The molecule has 3 heterocycles. The predicted molar refractivity (Wildman–Crippen MR) is 104 cm³/mol. The standard InChI is InChI=1S/C16H22N8O6S/c1-3-22(4-2)24(29)20-30-7-10-8-31-15-12(14(26)23(15)13(10)16(27)28)5-11(25)6-21-9-17-18-19-21/h9,12,15H,3-8H2,1-2H3,(H,27,28)/b24-20-. The number of hydrazine groups is 1. The first kappa shape index (κ1) is 22.5.